The van der Waals surface area contributed by atoms with Gasteiger partial charge in [-0.2, -0.15) is 0 Å². The summed E-state index contributed by atoms with van der Waals surface area (Å²) in [6.07, 6.45) is 6.23. The molecular formula is C29H56O8. The molecule has 0 aromatic rings. The summed E-state index contributed by atoms with van der Waals surface area (Å²) in [6, 6.07) is 0. The highest BCUT2D eigenvalue weighted by Gasteiger charge is 2.27. The van der Waals surface area contributed by atoms with E-state index in [0.29, 0.717) is 26.2 Å². The molecule has 0 radical (unpaired) electrons. The van der Waals surface area contributed by atoms with Crippen LogP contribution in [-0.2, 0) is 33.6 Å². The minimum atomic E-state index is -0.722. The zero-order valence-electron chi connectivity index (χ0n) is 25.6. The largest absolute Gasteiger partial charge is 0.481 e. The van der Waals surface area contributed by atoms with Gasteiger partial charge < -0.3 is 14.6 Å². The molecule has 0 saturated heterocycles. The molecule has 0 heterocycles. The molecule has 1 N–H and O–H groups in total. The van der Waals surface area contributed by atoms with Crippen molar-refractivity contribution >= 4 is 17.9 Å². The first-order valence-corrected chi connectivity index (χ1v) is 13.3. The van der Waals surface area contributed by atoms with Gasteiger partial charge in [-0.1, -0.05) is 39.3 Å². The number of aliphatic carboxylic acids is 1. The average molecular weight is 533 g/mol. The Kier molecular flexibility index (Phi) is 22.5. The second-order valence-corrected chi connectivity index (χ2v) is 11.1. The van der Waals surface area contributed by atoms with Crippen LogP contribution in [0.15, 0.2) is 12.2 Å². The average Bonchev–Trinajstić information content (AvgIpc) is 2.84. The number of carbonyl (C=O) groups excluding carboxylic acids is 2. The molecule has 0 aromatic heterocycles. The van der Waals surface area contributed by atoms with Crippen LogP contribution in [-0.4, -0.2) is 49.9 Å². The summed E-state index contributed by atoms with van der Waals surface area (Å²) >= 11 is 0. The number of esters is 2. The van der Waals surface area contributed by atoms with E-state index in [0.717, 1.165) is 44.1 Å². The van der Waals surface area contributed by atoms with Crippen molar-refractivity contribution in [2.75, 3.05) is 26.9 Å². The monoisotopic (exact) mass is 532 g/mol. The van der Waals surface area contributed by atoms with Crippen molar-refractivity contribution in [3.8, 4) is 0 Å². The number of carboxylic acids is 1. The molecule has 0 saturated carbocycles. The van der Waals surface area contributed by atoms with Gasteiger partial charge in [0.15, 0.2) is 0 Å². The predicted octanol–water partition coefficient (Wildman–Crippen LogP) is 7.15. The van der Waals surface area contributed by atoms with Crippen LogP contribution in [0.1, 0.15) is 114 Å². The lowest BCUT2D eigenvalue weighted by atomic mass is 9.91. The minimum Gasteiger partial charge on any atom is -0.481 e. The zero-order chi connectivity index (χ0) is 29.7. The van der Waals surface area contributed by atoms with Gasteiger partial charge in [0.05, 0.1) is 36.6 Å². The number of unbranched alkanes of at least 4 members (excludes halogenated alkanes) is 3. The fourth-order valence-electron chi connectivity index (χ4n) is 1.89. The summed E-state index contributed by atoms with van der Waals surface area (Å²) in [5, 5.41) is 8.44. The molecular weight excluding hydrogens is 476 g/mol. The summed E-state index contributed by atoms with van der Waals surface area (Å²) in [4.78, 5) is 42.7. The van der Waals surface area contributed by atoms with Gasteiger partial charge in [-0.3, -0.25) is 14.4 Å². The maximum atomic E-state index is 11.7. The predicted molar refractivity (Wildman–Crippen MR) is 148 cm³/mol. The number of methoxy groups -OCH3 is 1. The van der Waals surface area contributed by atoms with Gasteiger partial charge in [0.2, 0.25) is 0 Å². The summed E-state index contributed by atoms with van der Waals surface area (Å²) < 4.78 is 9.83. The number of ether oxygens (including phenoxy) is 2. The van der Waals surface area contributed by atoms with Crippen molar-refractivity contribution in [2.45, 2.75) is 114 Å². The second kappa shape index (κ2) is 21.1. The van der Waals surface area contributed by atoms with E-state index >= 15 is 0 Å². The fourth-order valence-corrected chi connectivity index (χ4v) is 1.89. The van der Waals surface area contributed by atoms with Crippen molar-refractivity contribution in [3.63, 3.8) is 0 Å². The van der Waals surface area contributed by atoms with Crippen LogP contribution in [0.25, 0.3) is 0 Å². The Hall–Kier alpha value is -1.93. The fraction of sp³-hybridized carbons (Fsp3) is 0.828. The summed E-state index contributed by atoms with van der Waals surface area (Å²) in [6.45, 7) is 24.0. The van der Waals surface area contributed by atoms with Crippen LogP contribution in [0, 0.1) is 16.2 Å². The van der Waals surface area contributed by atoms with Crippen LogP contribution in [0.5, 0.6) is 0 Å². The zero-order valence-corrected chi connectivity index (χ0v) is 25.6. The van der Waals surface area contributed by atoms with Crippen LogP contribution in [0.3, 0.4) is 0 Å². The molecule has 8 heteroatoms. The van der Waals surface area contributed by atoms with Crippen molar-refractivity contribution in [2.24, 2.45) is 16.2 Å². The normalized spacial score (nSPS) is 11.3. The molecule has 0 unspecified atom stereocenters. The first-order valence-electron chi connectivity index (χ1n) is 13.3. The van der Waals surface area contributed by atoms with Crippen LogP contribution < -0.4 is 0 Å². The van der Waals surface area contributed by atoms with Gasteiger partial charge in [-0.25, -0.2) is 9.78 Å². The third-order valence-corrected chi connectivity index (χ3v) is 6.26. The summed E-state index contributed by atoms with van der Waals surface area (Å²) in [5.74, 6) is -0.957. The first kappa shape index (κ1) is 39.6. The van der Waals surface area contributed by atoms with Gasteiger partial charge in [0.1, 0.15) is 6.61 Å². The maximum absolute atomic E-state index is 11.7. The lowest BCUT2D eigenvalue weighted by Crippen LogP contribution is -2.26. The minimum absolute atomic E-state index is 0.100. The number of carbonyl (C=O) groups is 3. The quantitative estimate of drug-likeness (QED) is 0.0733. The molecule has 0 amide bonds. The van der Waals surface area contributed by atoms with E-state index in [2.05, 4.69) is 11.3 Å². The van der Waals surface area contributed by atoms with Crippen LogP contribution >= 0.6 is 0 Å². The van der Waals surface area contributed by atoms with Crippen LogP contribution in [0.2, 0.25) is 0 Å². The van der Waals surface area contributed by atoms with Crippen molar-refractivity contribution in [1.82, 2.24) is 0 Å². The Balaban J connectivity index is -0.000000559. The molecule has 0 rings (SSSR count). The number of hydrogen-bond acceptors (Lipinski definition) is 7. The van der Waals surface area contributed by atoms with Crippen LogP contribution in [0.4, 0.5) is 0 Å². The molecule has 0 atom stereocenters. The van der Waals surface area contributed by atoms with E-state index in [9.17, 15) is 14.4 Å². The molecule has 37 heavy (non-hydrogen) atoms. The van der Waals surface area contributed by atoms with Crippen molar-refractivity contribution in [1.29, 1.82) is 0 Å². The molecule has 0 aliphatic heterocycles. The van der Waals surface area contributed by atoms with E-state index in [-0.39, 0.29) is 22.8 Å². The number of carboxylic acid groups (broad SMARTS) is 1. The third kappa shape index (κ3) is 21.8. The second-order valence-electron chi connectivity index (χ2n) is 11.1. The molecule has 0 bridgehead atoms. The molecule has 0 fully saturated rings. The molecule has 8 nitrogen and oxygen atoms in total. The van der Waals surface area contributed by atoms with Gasteiger partial charge in [-0.15, -0.1) is 0 Å². The Bertz CT molecular complexity index is 650. The lowest BCUT2D eigenvalue weighted by Gasteiger charge is -2.20. The Morgan fingerprint density at radius 1 is 0.703 bits per heavy atom. The molecule has 0 aliphatic carbocycles. The van der Waals surface area contributed by atoms with Crippen molar-refractivity contribution < 1.29 is 38.7 Å². The number of hydrogen-bond donors (Lipinski definition) is 1. The summed E-state index contributed by atoms with van der Waals surface area (Å²) in [7, 11) is 1.42. The Morgan fingerprint density at radius 2 is 1.14 bits per heavy atom. The molecule has 0 spiro atoms. The highest BCUT2D eigenvalue weighted by molar-refractivity contribution is 5.76. The lowest BCUT2D eigenvalue weighted by molar-refractivity contribution is -0.288. The molecule has 0 aliphatic rings. The van der Waals surface area contributed by atoms with E-state index in [1.165, 1.54) is 7.11 Å². The number of rotatable bonds is 16. The Labute approximate surface area is 226 Å². The molecule has 220 valence electrons. The van der Waals surface area contributed by atoms with E-state index < -0.39 is 11.4 Å². The van der Waals surface area contributed by atoms with E-state index in [4.69, 9.17) is 19.6 Å². The maximum Gasteiger partial charge on any atom is 0.311 e. The topological polar surface area (TPSA) is 108 Å². The SMILES string of the molecule is C=C(C)COOCCCCCCOC(=O)C(C)(C)CC.CCC(C)(C)C(=O)O.CCC(C)(C)C(=O)OC. The standard InChI is InChI=1S/C16H30O4.C7H14O2.C6H12O2/c1-6-16(4,5)15(17)18-11-9-7-8-10-12-19-20-13-14(2)3;1-5-7(2,3)6(8)9-4;1-4-6(2,3)5(7)8/h2,6-13H2,1,3-5H3;5H2,1-4H3;4H2,1-3H3,(H,7,8). The smallest absolute Gasteiger partial charge is 0.311 e. The Morgan fingerprint density at radius 3 is 1.46 bits per heavy atom. The molecule has 0 aromatic carbocycles. The van der Waals surface area contributed by atoms with Gasteiger partial charge >= 0.3 is 17.9 Å². The first-order chi connectivity index (χ1) is 16.9. The van der Waals surface area contributed by atoms with E-state index in [1.807, 2.05) is 55.4 Å². The van der Waals surface area contributed by atoms with Gasteiger partial charge in [-0.05, 0) is 87.0 Å². The van der Waals surface area contributed by atoms with E-state index in [1.54, 1.807) is 13.8 Å². The third-order valence-electron chi connectivity index (χ3n) is 6.26. The summed E-state index contributed by atoms with van der Waals surface area (Å²) in [5.41, 5.74) is -0.273. The highest BCUT2D eigenvalue weighted by Crippen LogP contribution is 2.22. The van der Waals surface area contributed by atoms with Gasteiger partial charge in [0, 0.05) is 0 Å². The highest BCUT2D eigenvalue weighted by atomic mass is 17.2. The van der Waals surface area contributed by atoms with Gasteiger partial charge in [0.25, 0.3) is 0 Å². The van der Waals surface area contributed by atoms with Crippen molar-refractivity contribution in [3.05, 3.63) is 12.2 Å².